The van der Waals surface area contributed by atoms with E-state index >= 15 is 0 Å². The van der Waals surface area contributed by atoms with Crippen molar-refractivity contribution in [3.05, 3.63) is 16.1 Å². The van der Waals surface area contributed by atoms with Crippen LogP contribution >= 0.6 is 11.3 Å². The van der Waals surface area contributed by atoms with Gasteiger partial charge in [-0.15, -0.1) is 11.3 Å². The highest BCUT2D eigenvalue weighted by Gasteiger charge is 2.29. The predicted octanol–water partition coefficient (Wildman–Crippen LogP) is 2.58. The lowest BCUT2D eigenvalue weighted by Crippen LogP contribution is -2.30. The molecule has 3 nitrogen and oxygen atoms in total. The number of thiazole rings is 1. The molecule has 0 bridgehead atoms. The zero-order chi connectivity index (χ0) is 12.3. The fraction of sp³-hybridized carbons (Fsp3) is 0.769. The van der Waals surface area contributed by atoms with Gasteiger partial charge in [0.05, 0.1) is 11.7 Å². The smallest absolute Gasteiger partial charge is 0.110 e. The molecule has 1 aliphatic heterocycles. The Labute approximate surface area is 108 Å². The first-order chi connectivity index (χ1) is 8.22. The Balaban J connectivity index is 2.03. The normalized spacial score (nSPS) is 21.5. The van der Waals surface area contributed by atoms with Crippen molar-refractivity contribution in [3.63, 3.8) is 0 Å². The maximum atomic E-state index is 5.53. The molecule has 4 heteroatoms. The highest BCUT2D eigenvalue weighted by Crippen LogP contribution is 2.35. The number of hydrogen-bond donors (Lipinski definition) is 1. The van der Waals surface area contributed by atoms with Gasteiger partial charge in [0.1, 0.15) is 5.01 Å². The lowest BCUT2D eigenvalue weighted by atomic mass is 10.2. The molecule has 1 unspecified atom stereocenters. The molecule has 17 heavy (non-hydrogen) atoms. The maximum Gasteiger partial charge on any atom is 0.110 e. The van der Waals surface area contributed by atoms with E-state index in [0.717, 1.165) is 19.4 Å². The molecule has 0 aliphatic carbocycles. The molecule has 96 valence electrons. The van der Waals surface area contributed by atoms with Crippen molar-refractivity contribution >= 4 is 11.3 Å². The number of aryl methyl sites for hydroxylation is 1. The molecule has 1 aromatic heterocycles. The van der Waals surface area contributed by atoms with Crippen molar-refractivity contribution in [1.82, 2.24) is 9.88 Å². The minimum Gasteiger partial charge on any atom is -0.330 e. The van der Waals surface area contributed by atoms with Gasteiger partial charge in [-0.25, -0.2) is 4.98 Å². The van der Waals surface area contributed by atoms with Crippen molar-refractivity contribution < 1.29 is 0 Å². The van der Waals surface area contributed by atoms with E-state index < -0.39 is 0 Å². The Morgan fingerprint density at radius 2 is 2.41 bits per heavy atom. The van der Waals surface area contributed by atoms with Crippen LogP contribution in [0, 0.1) is 0 Å². The van der Waals surface area contributed by atoms with Gasteiger partial charge < -0.3 is 5.73 Å². The van der Waals surface area contributed by atoms with Crippen LogP contribution in [0.3, 0.4) is 0 Å². The monoisotopic (exact) mass is 253 g/mol. The van der Waals surface area contributed by atoms with Gasteiger partial charge in [-0.1, -0.05) is 0 Å². The largest absolute Gasteiger partial charge is 0.330 e. The van der Waals surface area contributed by atoms with Crippen molar-refractivity contribution in [3.8, 4) is 0 Å². The molecule has 0 spiro atoms. The topological polar surface area (TPSA) is 42.2 Å². The van der Waals surface area contributed by atoms with Gasteiger partial charge in [0, 0.05) is 11.4 Å². The van der Waals surface area contributed by atoms with Gasteiger partial charge in [-0.05, 0) is 52.6 Å². The van der Waals surface area contributed by atoms with Crippen LogP contribution in [0.1, 0.15) is 49.9 Å². The van der Waals surface area contributed by atoms with Crippen LogP contribution in [0.4, 0.5) is 0 Å². The van der Waals surface area contributed by atoms with Crippen LogP contribution in [0.15, 0.2) is 5.38 Å². The summed E-state index contributed by atoms with van der Waals surface area (Å²) in [4.78, 5) is 7.36. The summed E-state index contributed by atoms with van der Waals surface area (Å²) < 4.78 is 0. The van der Waals surface area contributed by atoms with Crippen LogP contribution in [0.2, 0.25) is 0 Å². The molecule has 1 saturated heterocycles. The van der Waals surface area contributed by atoms with E-state index in [9.17, 15) is 0 Å². The highest BCUT2D eigenvalue weighted by molar-refractivity contribution is 7.09. The Bertz CT molecular complexity index is 348. The van der Waals surface area contributed by atoms with Gasteiger partial charge in [0.15, 0.2) is 0 Å². The summed E-state index contributed by atoms with van der Waals surface area (Å²) in [5.41, 5.74) is 6.76. The summed E-state index contributed by atoms with van der Waals surface area (Å²) in [5, 5.41) is 3.52. The van der Waals surface area contributed by atoms with Crippen molar-refractivity contribution in [2.24, 2.45) is 5.73 Å². The van der Waals surface area contributed by atoms with E-state index in [1.165, 1.54) is 30.1 Å². The first kappa shape index (κ1) is 13.0. The third-order valence-corrected chi connectivity index (χ3v) is 4.44. The van der Waals surface area contributed by atoms with E-state index in [-0.39, 0.29) is 0 Å². The average molecular weight is 253 g/mol. The third kappa shape index (κ3) is 3.06. The van der Waals surface area contributed by atoms with Crippen LogP contribution in [0.25, 0.3) is 0 Å². The number of aromatic nitrogens is 1. The molecule has 0 radical (unpaired) electrons. The van der Waals surface area contributed by atoms with E-state index in [1.807, 2.05) is 11.3 Å². The summed E-state index contributed by atoms with van der Waals surface area (Å²) >= 11 is 1.82. The summed E-state index contributed by atoms with van der Waals surface area (Å²) in [6.07, 6.45) is 4.64. The fourth-order valence-electron chi connectivity index (χ4n) is 2.55. The lowest BCUT2D eigenvalue weighted by molar-refractivity contribution is 0.205. The molecule has 1 fully saturated rings. The van der Waals surface area contributed by atoms with Gasteiger partial charge >= 0.3 is 0 Å². The SMILES string of the molecule is CC(C)N1CCCC1c1nc(CCCN)cs1. The molecule has 1 aromatic rings. The molecule has 0 saturated carbocycles. The number of nitrogens with two attached hydrogens (primary N) is 1. The molecule has 1 atom stereocenters. The molecular formula is C13H23N3S. The number of rotatable bonds is 5. The Morgan fingerprint density at radius 3 is 3.12 bits per heavy atom. The first-order valence-corrected chi connectivity index (χ1v) is 7.50. The molecule has 0 amide bonds. The van der Waals surface area contributed by atoms with Crippen LogP contribution in [0.5, 0.6) is 0 Å². The van der Waals surface area contributed by atoms with Crippen LogP contribution < -0.4 is 5.73 Å². The highest BCUT2D eigenvalue weighted by atomic mass is 32.1. The molecule has 2 N–H and O–H groups in total. The van der Waals surface area contributed by atoms with Gasteiger partial charge in [-0.3, -0.25) is 4.90 Å². The van der Waals surface area contributed by atoms with E-state index in [0.29, 0.717) is 12.1 Å². The number of likely N-dealkylation sites (tertiary alicyclic amines) is 1. The first-order valence-electron chi connectivity index (χ1n) is 6.62. The predicted molar refractivity (Wildman–Crippen MR) is 73.3 cm³/mol. The van der Waals surface area contributed by atoms with Gasteiger partial charge in [-0.2, -0.15) is 0 Å². The Morgan fingerprint density at radius 1 is 1.59 bits per heavy atom. The van der Waals surface area contributed by atoms with Crippen LogP contribution in [-0.4, -0.2) is 29.0 Å². The van der Waals surface area contributed by atoms with Crippen molar-refractivity contribution in [1.29, 1.82) is 0 Å². The second kappa shape index (κ2) is 5.94. The van der Waals surface area contributed by atoms with E-state index in [2.05, 4.69) is 24.1 Å². The van der Waals surface area contributed by atoms with Crippen LogP contribution in [-0.2, 0) is 6.42 Å². The second-order valence-corrected chi connectivity index (χ2v) is 5.95. The zero-order valence-corrected chi connectivity index (χ0v) is 11.7. The molecular weight excluding hydrogens is 230 g/mol. The summed E-state index contributed by atoms with van der Waals surface area (Å²) in [7, 11) is 0. The summed E-state index contributed by atoms with van der Waals surface area (Å²) in [6.45, 7) is 6.54. The van der Waals surface area contributed by atoms with E-state index in [4.69, 9.17) is 10.7 Å². The minimum absolute atomic E-state index is 0.562. The molecule has 2 rings (SSSR count). The number of nitrogens with zero attached hydrogens (tertiary/aromatic N) is 2. The zero-order valence-electron chi connectivity index (χ0n) is 10.9. The lowest BCUT2D eigenvalue weighted by Gasteiger charge is -2.26. The second-order valence-electron chi connectivity index (χ2n) is 5.06. The molecule has 2 heterocycles. The van der Waals surface area contributed by atoms with E-state index in [1.54, 1.807) is 0 Å². The molecule has 0 aromatic carbocycles. The van der Waals surface area contributed by atoms with Crippen molar-refractivity contribution in [2.75, 3.05) is 13.1 Å². The van der Waals surface area contributed by atoms with Gasteiger partial charge in [0.2, 0.25) is 0 Å². The van der Waals surface area contributed by atoms with Gasteiger partial charge in [0.25, 0.3) is 0 Å². The fourth-order valence-corrected chi connectivity index (χ4v) is 3.55. The summed E-state index contributed by atoms with van der Waals surface area (Å²) in [6, 6.07) is 1.19. The van der Waals surface area contributed by atoms with Crippen molar-refractivity contribution in [2.45, 2.75) is 51.6 Å². The average Bonchev–Trinajstić information content (AvgIpc) is 2.94. The molecule has 1 aliphatic rings. The quantitative estimate of drug-likeness (QED) is 0.877. The summed E-state index contributed by atoms with van der Waals surface area (Å²) in [5.74, 6) is 0. The Kier molecular flexibility index (Phi) is 4.54. The maximum absolute atomic E-state index is 5.53. The number of hydrogen-bond acceptors (Lipinski definition) is 4. The Hall–Kier alpha value is -0.450. The third-order valence-electron chi connectivity index (χ3n) is 3.45. The standard InChI is InChI=1S/C13H23N3S/c1-10(2)16-8-4-6-12(16)13-15-11(9-17-13)5-3-7-14/h9-10,12H,3-8,14H2,1-2H3. The minimum atomic E-state index is 0.562.